The van der Waals surface area contributed by atoms with E-state index in [-0.39, 0.29) is 34.9 Å². The van der Waals surface area contributed by atoms with Crippen molar-refractivity contribution in [3.8, 4) is 11.5 Å². The number of hydrogen-bond donors (Lipinski definition) is 4. The lowest BCUT2D eigenvalue weighted by Crippen LogP contribution is -2.53. The first-order chi connectivity index (χ1) is 26.9. The quantitative estimate of drug-likeness (QED) is 0.113. The number of hydrogen-bond acceptors (Lipinski definition) is 9. The van der Waals surface area contributed by atoms with Crippen molar-refractivity contribution in [3.05, 3.63) is 122 Å². The molecule has 1 aromatic heterocycles. The van der Waals surface area contributed by atoms with Gasteiger partial charge >= 0.3 is 12.1 Å². The van der Waals surface area contributed by atoms with Gasteiger partial charge in [-0.3, -0.25) is 24.6 Å². The van der Waals surface area contributed by atoms with Crippen LogP contribution in [0.2, 0.25) is 15.1 Å². The maximum atomic E-state index is 15.3. The van der Waals surface area contributed by atoms with Gasteiger partial charge in [-0.1, -0.05) is 64.7 Å². The fourth-order valence-electron chi connectivity index (χ4n) is 8.97. The molecule has 12 nitrogen and oxygen atoms in total. The SMILES string of the molecule is O=C(O)c1ccc(N2C(=O)C3CC=C4C(CC5C(=O)N(Nc6ncc(C(F)(F)F)cc6Cl)C(=O)C5(c5ccc(Cl)cc5)C4c4ccc(O)cc4Cl)C3C2=O)cc1O. The maximum Gasteiger partial charge on any atom is 0.417 e. The second kappa shape index (κ2) is 13.5. The van der Waals surface area contributed by atoms with E-state index in [0.29, 0.717) is 33.4 Å². The third kappa shape index (κ3) is 5.81. The molecule has 292 valence electrons. The highest BCUT2D eigenvalue weighted by molar-refractivity contribution is 6.33. The van der Waals surface area contributed by atoms with Crippen LogP contribution in [-0.4, -0.2) is 54.9 Å². The number of imide groups is 2. The summed E-state index contributed by atoms with van der Waals surface area (Å²) in [5.41, 5.74) is 0.0398. The maximum absolute atomic E-state index is 15.3. The molecular formula is C39H26Cl3F3N4O8. The van der Waals surface area contributed by atoms with E-state index >= 15 is 4.79 Å². The van der Waals surface area contributed by atoms with Crippen LogP contribution >= 0.6 is 34.8 Å². The van der Waals surface area contributed by atoms with Gasteiger partial charge in [-0.15, -0.1) is 0 Å². The molecule has 3 fully saturated rings. The number of nitrogens with one attached hydrogen (secondary N) is 1. The zero-order chi connectivity index (χ0) is 40.9. The molecule has 0 bridgehead atoms. The molecule has 0 radical (unpaired) electrons. The number of pyridine rings is 1. The minimum Gasteiger partial charge on any atom is -0.508 e. The van der Waals surface area contributed by atoms with Gasteiger partial charge in [0.15, 0.2) is 5.82 Å². The normalized spacial score (nSPS) is 25.6. The van der Waals surface area contributed by atoms with Crippen LogP contribution in [-0.2, 0) is 30.8 Å². The number of phenols is 2. The summed E-state index contributed by atoms with van der Waals surface area (Å²) in [7, 11) is 0. The Hall–Kier alpha value is -5.64. The van der Waals surface area contributed by atoms with Crippen LogP contribution < -0.4 is 10.3 Å². The smallest absolute Gasteiger partial charge is 0.417 e. The Kier molecular flexibility index (Phi) is 9.05. The number of hydrazine groups is 1. The Balaban J connectivity index is 1.30. The number of phenolic OH excluding ortho intramolecular Hbond substituents is 1. The van der Waals surface area contributed by atoms with Gasteiger partial charge in [0.2, 0.25) is 11.8 Å². The number of alkyl halides is 3. The Labute approximate surface area is 335 Å². The monoisotopic (exact) mass is 840 g/mol. The van der Waals surface area contributed by atoms with Crippen molar-refractivity contribution in [2.75, 3.05) is 10.3 Å². The van der Waals surface area contributed by atoms with E-state index in [4.69, 9.17) is 34.8 Å². The molecule has 1 saturated carbocycles. The Bertz CT molecular complexity index is 2480. The van der Waals surface area contributed by atoms with Crippen molar-refractivity contribution in [3.63, 3.8) is 0 Å². The average molecular weight is 842 g/mol. The molecule has 4 aromatic rings. The molecular weight excluding hydrogens is 816 g/mol. The lowest BCUT2D eigenvalue weighted by Gasteiger charge is -2.50. The number of carboxylic acid groups (broad SMARTS) is 1. The number of carbonyl (C=O) groups excluding carboxylic acids is 4. The summed E-state index contributed by atoms with van der Waals surface area (Å²) in [5, 5.41) is 30.6. The van der Waals surface area contributed by atoms with Gasteiger partial charge in [0.25, 0.3) is 11.8 Å². The Morgan fingerprint density at radius 3 is 2.23 bits per heavy atom. The fraction of sp³-hybridized carbons (Fsp3) is 0.231. The molecule has 2 saturated heterocycles. The summed E-state index contributed by atoms with van der Waals surface area (Å²) in [6.07, 6.45) is -2.76. The zero-order valence-corrected chi connectivity index (χ0v) is 31.1. The lowest BCUT2D eigenvalue weighted by molar-refractivity contribution is -0.139. The first kappa shape index (κ1) is 38.2. The summed E-state index contributed by atoms with van der Waals surface area (Å²) in [6.45, 7) is 0. The standard InChI is InChI=1S/C39H26Cl3F3N4O8/c40-18-3-1-16(2-4-18)38-26(34(53)49(37(38)57)47-32-28(42)11-17(15-46-32)39(43,44)45)14-25-21(31(38)22-8-6-20(50)13-27(22)41)9-10-24-30(25)35(54)48(33(24)52)19-5-7-23(36(55)56)29(51)12-19/h1-9,11-13,15,24-26,30-31,50-51H,10,14H2,(H,46,47)(H,55,56). The minimum atomic E-state index is -4.79. The number of anilines is 2. The summed E-state index contributed by atoms with van der Waals surface area (Å²) < 4.78 is 40.4. The number of aromatic nitrogens is 1. The molecule has 2 aliphatic heterocycles. The van der Waals surface area contributed by atoms with Crippen LogP contribution in [0.4, 0.5) is 24.7 Å². The van der Waals surface area contributed by atoms with Gasteiger partial charge in [-0.25, -0.2) is 14.7 Å². The molecule has 4 amide bonds. The van der Waals surface area contributed by atoms with E-state index in [1.807, 2.05) is 0 Å². The van der Waals surface area contributed by atoms with Gasteiger partial charge in [0, 0.05) is 28.2 Å². The number of rotatable bonds is 6. The Morgan fingerprint density at radius 1 is 0.877 bits per heavy atom. The summed E-state index contributed by atoms with van der Waals surface area (Å²) in [6, 6.07) is 14.1. The molecule has 4 N–H and O–H groups in total. The fourth-order valence-corrected chi connectivity index (χ4v) is 9.59. The van der Waals surface area contributed by atoms with E-state index in [1.54, 1.807) is 18.2 Å². The van der Waals surface area contributed by atoms with E-state index in [9.17, 15) is 47.7 Å². The molecule has 57 heavy (non-hydrogen) atoms. The van der Waals surface area contributed by atoms with Gasteiger partial charge < -0.3 is 15.3 Å². The van der Waals surface area contributed by atoms with Crippen molar-refractivity contribution < 1.29 is 52.5 Å². The number of carbonyl (C=O) groups is 5. The second-order valence-electron chi connectivity index (χ2n) is 14.1. The van der Waals surface area contributed by atoms with Crippen LogP contribution in [0.3, 0.4) is 0 Å². The number of fused-ring (bicyclic) bond motifs is 4. The molecule has 2 aliphatic carbocycles. The molecule has 0 spiro atoms. The predicted octanol–water partition coefficient (Wildman–Crippen LogP) is 7.36. The number of amides is 4. The summed E-state index contributed by atoms with van der Waals surface area (Å²) in [5.74, 6) is -11.2. The summed E-state index contributed by atoms with van der Waals surface area (Å²) in [4.78, 5) is 74.8. The van der Waals surface area contributed by atoms with Crippen molar-refractivity contribution >= 4 is 75.9 Å². The van der Waals surface area contributed by atoms with Crippen molar-refractivity contribution in [1.29, 1.82) is 0 Å². The van der Waals surface area contributed by atoms with Gasteiger partial charge in [-0.2, -0.15) is 18.2 Å². The highest BCUT2D eigenvalue weighted by atomic mass is 35.5. The van der Waals surface area contributed by atoms with E-state index in [2.05, 4.69) is 10.4 Å². The first-order valence-electron chi connectivity index (χ1n) is 17.2. The predicted molar refractivity (Wildman–Crippen MR) is 198 cm³/mol. The highest BCUT2D eigenvalue weighted by Crippen LogP contribution is 2.65. The molecule has 18 heteroatoms. The zero-order valence-electron chi connectivity index (χ0n) is 28.8. The van der Waals surface area contributed by atoms with Crippen LogP contribution in [0.25, 0.3) is 0 Å². The van der Waals surface area contributed by atoms with Gasteiger partial charge in [0.1, 0.15) is 17.1 Å². The lowest BCUT2D eigenvalue weighted by atomic mass is 9.49. The molecule has 6 atom stereocenters. The van der Waals surface area contributed by atoms with Crippen LogP contribution in [0.1, 0.15) is 45.8 Å². The second-order valence-corrected chi connectivity index (χ2v) is 15.4. The molecule has 3 heterocycles. The van der Waals surface area contributed by atoms with Crippen molar-refractivity contribution in [2.24, 2.45) is 23.7 Å². The molecule has 3 aromatic carbocycles. The number of carboxylic acids is 1. The third-order valence-corrected chi connectivity index (χ3v) is 12.2. The topological polar surface area (TPSA) is 177 Å². The first-order valence-corrected chi connectivity index (χ1v) is 18.3. The molecule has 8 rings (SSSR count). The Morgan fingerprint density at radius 2 is 1.60 bits per heavy atom. The minimum absolute atomic E-state index is 0.000481. The number of benzene rings is 3. The number of aromatic carboxylic acids is 1. The van der Waals surface area contributed by atoms with Crippen LogP contribution in [0, 0.1) is 23.7 Å². The van der Waals surface area contributed by atoms with Gasteiger partial charge in [-0.05, 0) is 72.4 Å². The molecule has 6 unspecified atom stereocenters. The van der Waals surface area contributed by atoms with Crippen LogP contribution in [0.5, 0.6) is 11.5 Å². The van der Waals surface area contributed by atoms with E-state index < -0.39 is 98.5 Å². The number of nitrogens with zero attached hydrogens (tertiary/aromatic N) is 3. The van der Waals surface area contributed by atoms with Crippen LogP contribution in [0.15, 0.2) is 84.6 Å². The number of aromatic hydroxyl groups is 2. The number of halogens is 6. The largest absolute Gasteiger partial charge is 0.508 e. The van der Waals surface area contributed by atoms with Crippen molar-refractivity contribution in [2.45, 2.75) is 30.4 Å². The van der Waals surface area contributed by atoms with Crippen molar-refractivity contribution in [1.82, 2.24) is 9.99 Å². The summed E-state index contributed by atoms with van der Waals surface area (Å²) >= 11 is 19.4. The van der Waals surface area contributed by atoms with E-state index in [1.165, 1.54) is 36.4 Å². The average Bonchev–Trinajstić information content (AvgIpc) is 3.53. The highest BCUT2D eigenvalue weighted by Gasteiger charge is 2.70. The molecule has 4 aliphatic rings. The third-order valence-electron chi connectivity index (χ3n) is 11.3. The van der Waals surface area contributed by atoms with Gasteiger partial charge in [0.05, 0.1) is 39.4 Å². The van der Waals surface area contributed by atoms with E-state index in [0.717, 1.165) is 17.0 Å². The number of allylic oxidation sites excluding steroid dienone is 2.